The van der Waals surface area contributed by atoms with Crippen LogP contribution in [0.25, 0.3) is 0 Å². The van der Waals surface area contributed by atoms with Gasteiger partial charge in [0.05, 0.1) is 11.9 Å². The molecular formula is C21H32FN5S. The highest BCUT2D eigenvalue weighted by Crippen LogP contribution is 2.28. The summed E-state index contributed by atoms with van der Waals surface area (Å²) in [6.45, 7) is 5.85. The van der Waals surface area contributed by atoms with E-state index in [2.05, 4.69) is 25.8 Å². The van der Waals surface area contributed by atoms with E-state index in [1.54, 1.807) is 12.1 Å². The third kappa shape index (κ3) is 4.75. The van der Waals surface area contributed by atoms with Gasteiger partial charge in [-0.05, 0) is 56.7 Å². The summed E-state index contributed by atoms with van der Waals surface area (Å²) in [5.74, 6) is 0.512. The number of benzene rings is 1. The van der Waals surface area contributed by atoms with Crippen LogP contribution in [0.1, 0.15) is 32.1 Å². The van der Waals surface area contributed by atoms with Gasteiger partial charge in [0.15, 0.2) is 5.11 Å². The van der Waals surface area contributed by atoms with E-state index in [0.29, 0.717) is 18.1 Å². The van der Waals surface area contributed by atoms with Crippen LogP contribution in [-0.2, 0) is 0 Å². The zero-order chi connectivity index (χ0) is 19.3. The van der Waals surface area contributed by atoms with Gasteiger partial charge in [-0.1, -0.05) is 25.0 Å². The van der Waals surface area contributed by atoms with Gasteiger partial charge >= 0.3 is 0 Å². The number of anilines is 1. The molecule has 4 rings (SSSR count). The maximum atomic E-state index is 14.0. The molecule has 7 heteroatoms. The molecule has 1 aliphatic carbocycles. The van der Waals surface area contributed by atoms with Crippen LogP contribution in [0.4, 0.5) is 10.1 Å². The van der Waals surface area contributed by atoms with E-state index in [4.69, 9.17) is 12.2 Å². The Bertz CT molecular complexity index is 664. The van der Waals surface area contributed by atoms with Gasteiger partial charge in [-0.15, -0.1) is 0 Å². The highest BCUT2D eigenvalue weighted by atomic mass is 32.1. The molecule has 3 atom stereocenters. The number of fused-ring (bicyclic) bond motifs is 1. The molecule has 3 unspecified atom stereocenters. The van der Waals surface area contributed by atoms with Crippen molar-refractivity contribution >= 4 is 23.0 Å². The number of hydrogen-bond acceptors (Lipinski definition) is 4. The van der Waals surface area contributed by atoms with Crippen molar-refractivity contribution in [2.75, 3.05) is 44.2 Å². The lowest BCUT2D eigenvalue weighted by atomic mass is 9.81. The van der Waals surface area contributed by atoms with E-state index in [1.807, 2.05) is 12.1 Å². The van der Waals surface area contributed by atoms with E-state index in [9.17, 15) is 4.39 Å². The van der Waals surface area contributed by atoms with Gasteiger partial charge in [0, 0.05) is 38.1 Å². The zero-order valence-electron chi connectivity index (χ0n) is 16.5. The Kier molecular flexibility index (Phi) is 6.65. The fourth-order valence-electron chi connectivity index (χ4n) is 4.88. The molecule has 2 aliphatic heterocycles. The van der Waals surface area contributed by atoms with Gasteiger partial charge in [-0.25, -0.2) is 4.39 Å². The van der Waals surface area contributed by atoms with Gasteiger partial charge in [-0.2, -0.15) is 0 Å². The number of para-hydroxylation sites is 1. The fraction of sp³-hybridized carbons (Fsp3) is 0.667. The molecule has 0 bridgehead atoms. The number of piperazine rings is 1. The van der Waals surface area contributed by atoms with Crippen molar-refractivity contribution in [3.8, 4) is 0 Å². The smallest absolute Gasteiger partial charge is 0.167 e. The minimum Gasteiger partial charge on any atom is -0.367 e. The first-order chi connectivity index (χ1) is 13.7. The molecule has 28 heavy (non-hydrogen) atoms. The van der Waals surface area contributed by atoms with Crippen LogP contribution in [0.5, 0.6) is 0 Å². The van der Waals surface area contributed by atoms with E-state index in [-0.39, 0.29) is 5.82 Å². The van der Waals surface area contributed by atoms with E-state index in [0.717, 1.165) is 56.5 Å². The maximum absolute atomic E-state index is 14.0. The Morgan fingerprint density at radius 1 is 1.07 bits per heavy atom. The number of halogens is 1. The minimum absolute atomic E-state index is 0.117. The number of rotatable bonds is 6. The summed E-state index contributed by atoms with van der Waals surface area (Å²) < 4.78 is 14.0. The van der Waals surface area contributed by atoms with Gasteiger partial charge in [0.1, 0.15) is 5.82 Å². The van der Waals surface area contributed by atoms with Crippen molar-refractivity contribution < 1.29 is 4.39 Å². The van der Waals surface area contributed by atoms with Crippen LogP contribution in [0.15, 0.2) is 24.3 Å². The van der Waals surface area contributed by atoms with Crippen LogP contribution < -0.4 is 20.9 Å². The molecule has 0 aromatic heterocycles. The predicted molar refractivity (Wildman–Crippen MR) is 116 cm³/mol. The monoisotopic (exact) mass is 405 g/mol. The highest BCUT2D eigenvalue weighted by Gasteiger charge is 2.36. The standard InChI is InChI=1S/C21H32FN5S/c22-17-7-2-4-9-19(17)27-14-12-26(13-15-27)11-5-10-23-20-16-6-1-3-8-18(16)24-21(28)25-20/h2,4,7,9,16,18,20,23H,1,3,5-6,8,10-15H2,(H2,24,25,28). The predicted octanol–water partition coefficient (Wildman–Crippen LogP) is 2.29. The quantitative estimate of drug-likeness (QED) is 0.499. The lowest BCUT2D eigenvalue weighted by Gasteiger charge is -2.43. The van der Waals surface area contributed by atoms with Crippen molar-refractivity contribution in [3.63, 3.8) is 0 Å². The first-order valence-electron chi connectivity index (χ1n) is 10.7. The highest BCUT2D eigenvalue weighted by molar-refractivity contribution is 7.80. The van der Waals surface area contributed by atoms with E-state index in [1.165, 1.54) is 25.7 Å². The minimum atomic E-state index is -0.117. The third-order valence-electron chi connectivity index (χ3n) is 6.43. The molecule has 0 radical (unpaired) electrons. The Labute approximate surface area is 173 Å². The molecule has 154 valence electrons. The normalized spacial score (nSPS) is 28.4. The summed E-state index contributed by atoms with van der Waals surface area (Å²) in [5.41, 5.74) is 0.735. The van der Waals surface area contributed by atoms with Crippen molar-refractivity contribution in [1.29, 1.82) is 0 Å². The van der Waals surface area contributed by atoms with Crippen molar-refractivity contribution in [2.24, 2.45) is 5.92 Å². The largest absolute Gasteiger partial charge is 0.367 e. The van der Waals surface area contributed by atoms with E-state index < -0.39 is 0 Å². The van der Waals surface area contributed by atoms with Crippen LogP contribution in [0.3, 0.4) is 0 Å². The number of hydrogen-bond donors (Lipinski definition) is 3. The first kappa shape index (κ1) is 19.9. The molecule has 3 aliphatic rings. The molecule has 1 aromatic carbocycles. The molecule has 3 fully saturated rings. The Hall–Kier alpha value is -1.44. The molecule has 3 N–H and O–H groups in total. The molecule has 2 saturated heterocycles. The van der Waals surface area contributed by atoms with E-state index >= 15 is 0 Å². The number of nitrogens with zero attached hydrogens (tertiary/aromatic N) is 2. The molecular weight excluding hydrogens is 373 g/mol. The summed E-state index contributed by atoms with van der Waals surface area (Å²) in [7, 11) is 0. The van der Waals surface area contributed by atoms with Crippen molar-refractivity contribution in [2.45, 2.75) is 44.3 Å². The number of nitrogens with one attached hydrogen (secondary N) is 3. The Balaban J connectivity index is 1.17. The lowest BCUT2D eigenvalue weighted by molar-refractivity contribution is 0.185. The van der Waals surface area contributed by atoms with Crippen LogP contribution >= 0.6 is 12.2 Å². The molecule has 1 aromatic rings. The zero-order valence-corrected chi connectivity index (χ0v) is 17.3. The maximum Gasteiger partial charge on any atom is 0.167 e. The SMILES string of the molecule is Fc1ccccc1N1CCN(CCCNC2NC(=S)NC3CCCCC32)CC1. The summed E-state index contributed by atoms with van der Waals surface area (Å²) >= 11 is 5.39. The van der Waals surface area contributed by atoms with Gasteiger partial charge in [-0.3, -0.25) is 10.2 Å². The first-order valence-corrected chi connectivity index (χ1v) is 11.1. The van der Waals surface area contributed by atoms with Gasteiger partial charge in [0.2, 0.25) is 0 Å². The molecule has 1 saturated carbocycles. The van der Waals surface area contributed by atoms with Crippen LogP contribution in [0, 0.1) is 11.7 Å². The van der Waals surface area contributed by atoms with Gasteiger partial charge in [0.25, 0.3) is 0 Å². The summed E-state index contributed by atoms with van der Waals surface area (Å²) in [6, 6.07) is 7.62. The molecule has 0 spiro atoms. The second-order valence-electron chi connectivity index (χ2n) is 8.24. The van der Waals surface area contributed by atoms with Crippen LogP contribution in [-0.4, -0.2) is 61.5 Å². The average molecular weight is 406 g/mol. The second kappa shape index (κ2) is 9.37. The van der Waals surface area contributed by atoms with Crippen molar-refractivity contribution in [3.05, 3.63) is 30.1 Å². The molecule has 0 amide bonds. The Morgan fingerprint density at radius 3 is 2.68 bits per heavy atom. The summed E-state index contributed by atoms with van der Waals surface area (Å²) in [6.07, 6.45) is 6.55. The van der Waals surface area contributed by atoms with Crippen molar-refractivity contribution in [1.82, 2.24) is 20.9 Å². The second-order valence-corrected chi connectivity index (χ2v) is 8.65. The van der Waals surface area contributed by atoms with Crippen LogP contribution in [0.2, 0.25) is 0 Å². The molecule has 2 heterocycles. The topological polar surface area (TPSA) is 42.6 Å². The number of thiocarbonyl (C=S) groups is 1. The summed E-state index contributed by atoms with van der Waals surface area (Å²) in [5, 5.41) is 11.4. The third-order valence-corrected chi connectivity index (χ3v) is 6.67. The summed E-state index contributed by atoms with van der Waals surface area (Å²) in [4.78, 5) is 4.65. The molecule has 5 nitrogen and oxygen atoms in total. The fourth-order valence-corrected chi connectivity index (χ4v) is 5.16. The lowest BCUT2D eigenvalue weighted by Crippen LogP contribution is -2.65. The average Bonchev–Trinajstić information content (AvgIpc) is 2.72. The Morgan fingerprint density at radius 2 is 1.86 bits per heavy atom. The van der Waals surface area contributed by atoms with Gasteiger partial charge < -0.3 is 15.5 Å².